The van der Waals surface area contributed by atoms with Gasteiger partial charge < -0.3 is 5.32 Å². The van der Waals surface area contributed by atoms with E-state index in [1.807, 2.05) is 6.07 Å². The van der Waals surface area contributed by atoms with Gasteiger partial charge in [0.2, 0.25) is 5.95 Å². The zero-order valence-electron chi connectivity index (χ0n) is 10.4. The van der Waals surface area contributed by atoms with Gasteiger partial charge in [-0.15, -0.1) is 0 Å². The first-order valence-corrected chi connectivity index (χ1v) is 7.08. The molecule has 0 aliphatic heterocycles. The van der Waals surface area contributed by atoms with E-state index in [9.17, 15) is 4.39 Å². The van der Waals surface area contributed by atoms with Crippen molar-refractivity contribution in [1.82, 2.24) is 9.97 Å². The van der Waals surface area contributed by atoms with Crippen molar-refractivity contribution < 1.29 is 4.39 Å². The van der Waals surface area contributed by atoms with Crippen LogP contribution >= 0.6 is 23.4 Å². The first-order chi connectivity index (χ1) is 9.19. The maximum absolute atomic E-state index is 13.1. The number of aromatic nitrogens is 2. The van der Waals surface area contributed by atoms with Crippen molar-refractivity contribution in [2.24, 2.45) is 0 Å². The van der Waals surface area contributed by atoms with Crippen LogP contribution in [0.15, 0.2) is 40.4 Å². The van der Waals surface area contributed by atoms with Gasteiger partial charge in [0.15, 0.2) is 0 Å². The van der Waals surface area contributed by atoms with Crippen LogP contribution in [0, 0.1) is 5.82 Å². The molecule has 2 rings (SSSR count). The summed E-state index contributed by atoms with van der Waals surface area (Å²) in [5, 5.41) is 4.16. The molecule has 1 N–H and O–H groups in total. The Hall–Kier alpha value is -1.33. The van der Waals surface area contributed by atoms with Crippen molar-refractivity contribution in [1.29, 1.82) is 0 Å². The number of anilines is 1. The van der Waals surface area contributed by atoms with Gasteiger partial charge in [-0.05, 0) is 24.6 Å². The van der Waals surface area contributed by atoms with Crippen LogP contribution in [0.2, 0.25) is 5.02 Å². The Bertz CT molecular complexity index is 565. The number of nitrogens with zero attached hydrogens (tertiary/aromatic N) is 2. The zero-order chi connectivity index (χ0) is 13.7. The van der Waals surface area contributed by atoms with Gasteiger partial charge in [0.05, 0.1) is 11.2 Å². The van der Waals surface area contributed by atoms with E-state index in [-0.39, 0.29) is 5.82 Å². The number of rotatable bonds is 5. The minimum Gasteiger partial charge on any atom is -0.354 e. The van der Waals surface area contributed by atoms with Gasteiger partial charge in [-0.2, -0.15) is 0 Å². The number of hydrogen-bond acceptors (Lipinski definition) is 4. The third kappa shape index (κ3) is 4.08. The molecule has 0 atom stereocenters. The Balaban J connectivity index is 2.19. The van der Waals surface area contributed by atoms with Crippen molar-refractivity contribution in [3.8, 4) is 0 Å². The van der Waals surface area contributed by atoms with E-state index in [1.165, 1.54) is 23.9 Å². The molecular formula is C13H13ClFN3S. The highest BCUT2D eigenvalue weighted by atomic mass is 35.5. The van der Waals surface area contributed by atoms with Crippen LogP contribution in [-0.2, 0) is 0 Å². The predicted molar refractivity (Wildman–Crippen MR) is 76.3 cm³/mol. The van der Waals surface area contributed by atoms with Crippen LogP contribution in [-0.4, -0.2) is 16.5 Å². The van der Waals surface area contributed by atoms with Gasteiger partial charge in [0, 0.05) is 11.4 Å². The second-order valence-corrected chi connectivity index (χ2v) is 5.30. The lowest BCUT2D eigenvalue weighted by molar-refractivity contribution is 0.624. The van der Waals surface area contributed by atoms with Crippen molar-refractivity contribution in [3.63, 3.8) is 0 Å². The Morgan fingerprint density at radius 3 is 3.00 bits per heavy atom. The van der Waals surface area contributed by atoms with Gasteiger partial charge in [-0.25, -0.2) is 14.4 Å². The molecule has 19 heavy (non-hydrogen) atoms. The predicted octanol–water partition coefficient (Wildman–Crippen LogP) is 4.24. The molecule has 6 heteroatoms. The molecule has 1 heterocycles. The van der Waals surface area contributed by atoms with Crippen LogP contribution in [0.3, 0.4) is 0 Å². The molecule has 0 aliphatic rings. The molecule has 0 fully saturated rings. The van der Waals surface area contributed by atoms with E-state index in [2.05, 4.69) is 22.2 Å². The van der Waals surface area contributed by atoms with Gasteiger partial charge in [-0.1, -0.05) is 36.4 Å². The second-order valence-electron chi connectivity index (χ2n) is 3.83. The molecule has 0 bridgehead atoms. The largest absolute Gasteiger partial charge is 0.354 e. The molecule has 0 unspecified atom stereocenters. The fourth-order valence-corrected chi connectivity index (χ4v) is 2.42. The van der Waals surface area contributed by atoms with Gasteiger partial charge in [-0.3, -0.25) is 0 Å². The molecule has 1 aromatic heterocycles. The Morgan fingerprint density at radius 1 is 1.42 bits per heavy atom. The summed E-state index contributed by atoms with van der Waals surface area (Å²) >= 11 is 7.37. The summed E-state index contributed by atoms with van der Waals surface area (Å²) in [6, 6.07) is 6.32. The van der Waals surface area contributed by atoms with Crippen molar-refractivity contribution >= 4 is 29.3 Å². The molecule has 0 aliphatic carbocycles. The molecule has 0 radical (unpaired) electrons. The van der Waals surface area contributed by atoms with E-state index in [4.69, 9.17) is 11.6 Å². The maximum Gasteiger partial charge on any atom is 0.223 e. The highest BCUT2D eigenvalue weighted by molar-refractivity contribution is 7.99. The first-order valence-electron chi connectivity index (χ1n) is 5.89. The summed E-state index contributed by atoms with van der Waals surface area (Å²) in [5.74, 6) is 0.254. The van der Waals surface area contributed by atoms with Crippen LogP contribution in [0.4, 0.5) is 10.3 Å². The molecular weight excluding hydrogens is 285 g/mol. The van der Waals surface area contributed by atoms with Crippen LogP contribution in [0.25, 0.3) is 0 Å². The molecule has 0 amide bonds. The summed E-state index contributed by atoms with van der Waals surface area (Å²) in [5.41, 5.74) is 0. The zero-order valence-corrected chi connectivity index (χ0v) is 11.9. The van der Waals surface area contributed by atoms with Crippen molar-refractivity contribution in [3.05, 3.63) is 41.3 Å². The van der Waals surface area contributed by atoms with Gasteiger partial charge in [0.25, 0.3) is 0 Å². The summed E-state index contributed by atoms with van der Waals surface area (Å²) in [7, 11) is 0. The fraction of sp³-hybridized carbons (Fsp3) is 0.231. The quantitative estimate of drug-likeness (QED) is 0.838. The summed E-state index contributed by atoms with van der Waals surface area (Å²) in [6.07, 6.45) is 2.53. The smallest absolute Gasteiger partial charge is 0.223 e. The lowest BCUT2D eigenvalue weighted by Crippen LogP contribution is -2.04. The maximum atomic E-state index is 13.1. The van der Waals surface area contributed by atoms with E-state index in [0.717, 1.165) is 17.9 Å². The molecule has 0 spiro atoms. The minimum atomic E-state index is -0.278. The lowest BCUT2D eigenvalue weighted by Gasteiger charge is -2.07. The first kappa shape index (κ1) is 14.1. The van der Waals surface area contributed by atoms with E-state index in [0.29, 0.717) is 16.0 Å². The molecule has 3 nitrogen and oxygen atoms in total. The van der Waals surface area contributed by atoms with Crippen LogP contribution < -0.4 is 5.32 Å². The standard InChI is InChI=1S/C13H13ClFN3S/c1-2-6-16-13-17-8-11(14)12(18-13)19-10-5-3-4-9(15)7-10/h3-5,7-8H,2,6H2,1H3,(H,16,17,18). The highest BCUT2D eigenvalue weighted by Crippen LogP contribution is 2.32. The number of halogens is 2. The number of hydrogen-bond donors (Lipinski definition) is 1. The van der Waals surface area contributed by atoms with E-state index < -0.39 is 0 Å². The number of benzene rings is 1. The fourth-order valence-electron chi connectivity index (χ4n) is 1.39. The Labute approximate surface area is 120 Å². The second kappa shape index (κ2) is 6.73. The van der Waals surface area contributed by atoms with Gasteiger partial charge >= 0.3 is 0 Å². The lowest BCUT2D eigenvalue weighted by atomic mass is 10.4. The molecule has 2 aromatic rings. The van der Waals surface area contributed by atoms with Crippen LogP contribution in [0.5, 0.6) is 0 Å². The van der Waals surface area contributed by atoms with E-state index >= 15 is 0 Å². The molecule has 0 saturated heterocycles. The number of nitrogens with one attached hydrogen (secondary N) is 1. The van der Waals surface area contributed by atoms with Crippen LogP contribution in [0.1, 0.15) is 13.3 Å². The van der Waals surface area contributed by atoms with Gasteiger partial charge in [0.1, 0.15) is 10.8 Å². The molecule has 100 valence electrons. The normalized spacial score (nSPS) is 10.5. The average molecular weight is 298 g/mol. The monoisotopic (exact) mass is 297 g/mol. The topological polar surface area (TPSA) is 37.8 Å². The average Bonchev–Trinajstić information content (AvgIpc) is 2.40. The summed E-state index contributed by atoms with van der Waals surface area (Å²) in [6.45, 7) is 2.86. The summed E-state index contributed by atoms with van der Waals surface area (Å²) in [4.78, 5) is 9.17. The third-order valence-electron chi connectivity index (χ3n) is 2.26. The molecule has 1 aromatic carbocycles. The summed E-state index contributed by atoms with van der Waals surface area (Å²) < 4.78 is 13.1. The minimum absolute atomic E-state index is 0.278. The van der Waals surface area contributed by atoms with Crippen molar-refractivity contribution in [2.45, 2.75) is 23.3 Å². The third-order valence-corrected chi connectivity index (χ3v) is 3.64. The van der Waals surface area contributed by atoms with Crippen molar-refractivity contribution in [2.75, 3.05) is 11.9 Å². The highest BCUT2D eigenvalue weighted by Gasteiger charge is 2.08. The SMILES string of the molecule is CCCNc1ncc(Cl)c(Sc2cccc(F)c2)n1. The van der Waals surface area contributed by atoms with E-state index in [1.54, 1.807) is 12.3 Å². The molecule has 0 saturated carbocycles. The Morgan fingerprint density at radius 2 is 2.26 bits per heavy atom. The Kier molecular flexibility index (Phi) is 4.99.